The zero-order valence-electron chi connectivity index (χ0n) is 16.4. The molecule has 0 fully saturated rings. The number of likely N-dealkylation sites (N-methyl/N-ethyl adjacent to an activating group) is 2. The predicted molar refractivity (Wildman–Crippen MR) is 109 cm³/mol. The average Bonchev–Trinajstić information content (AvgIpc) is 2.71. The lowest BCUT2D eigenvalue weighted by Gasteiger charge is -2.19. The highest BCUT2D eigenvalue weighted by Gasteiger charge is 2.12. The Bertz CT molecular complexity index is 639. The molecule has 0 bridgehead atoms. The summed E-state index contributed by atoms with van der Waals surface area (Å²) in [6, 6.07) is 20.3. The van der Waals surface area contributed by atoms with Crippen molar-refractivity contribution in [2.45, 2.75) is 32.1 Å². The molecule has 0 aliphatic carbocycles. The Morgan fingerprint density at radius 2 is 1.04 bits per heavy atom. The topological polar surface area (TPSA) is 40.6 Å². The van der Waals surface area contributed by atoms with Crippen molar-refractivity contribution in [3.05, 3.63) is 71.8 Å². The first kappa shape index (κ1) is 20.7. The number of carbonyl (C=O) groups is 2. The van der Waals surface area contributed by atoms with Crippen LogP contribution in [0.5, 0.6) is 0 Å². The van der Waals surface area contributed by atoms with Crippen LogP contribution < -0.4 is 0 Å². The first-order valence-electron chi connectivity index (χ1n) is 9.62. The summed E-state index contributed by atoms with van der Waals surface area (Å²) in [5.41, 5.74) is 2.46. The summed E-state index contributed by atoms with van der Waals surface area (Å²) < 4.78 is 0. The van der Waals surface area contributed by atoms with E-state index in [1.807, 2.05) is 50.5 Å². The minimum atomic E-state index is 0.102. The number of carbonyl (C=O) groups excluding carboxylic acids is 2. The van der Waals surface area contributed by atoms with E-state index < -0.39 is 0 Å². The van der Waals surface area contributed by atoms with Crippen molar-refractivity contribution >= 4 is 11.8 Å². The van der Waals surface area contributed by atoms with E-state index in [1.54, 1.807) is 9.80 Å². The first-order chi connectivity index (χ1) is 13.1. The van der Waals surface area contributed by atoms with E-state index in [1.165, 1.54) is 11.1 Å². The third-order valence-corrected chi connectivity index (χ3v) is 4.79. The smallest absolute Gasteiger partial charge is 0.222 e. The van der Waals surface area contributed by atoms with E-state index in [9.17, 15) is 9.59 Å². The molecule has 0 atom stereocenters. The van der Waals surface area contributed by atoms with Crippen LogP contribution in [-0.2, 0) is 22.4 Å². The molecule has 0 spiro atoms. The number of hydrogen-bond donors (Lipinski definition) is 0. The van der Waals surface area contributed by atoms with Crippen molar-refractivity contribution in [1.82, 2.24) is 9.80 Å². The number of benzene rings is 2. The molecule has 0 unspecified atom stereocenters. The Morgan fingerprint density at radius 3 is 1.41 bits per heavy atom. The predicted octanol–water partition coefficient (Wildman–Crippen LogP) is 3.56. The lowest BCUT2D eigenvalue weighted by Crippen LogP contribution is -2.30. The van der Waals surface area contributed by atoms with Crippen LogP contribution in [0.4, 0.5) is 0 Å². The molecule has 2 amide bonds. The van der Waals surface area contributed by atoms with Crippen LogP contribution in [0.1, 0.15) is 30.4 Å². The Balaban J connectivity index is 1.62. The molecule has 2 aromatic carbocycles. The Labute approximate surface area is 162 Å². The molecular formula is C23H30N2O2. The highest BCUT2D eigenvalue weighted by molar-refractivity contribution is 5.78. The van der Waals surface area contributed by atoms with Gasteiger partial charge in [0.1, 0.15) is 0 Å². The minimum absolute atomic E-state index is 0.102. The molecule has 144 valence electrons. The number of nitrogens with zero attached hydrogens (tertiary/aromatic N) is 2. The summed E-state index contributed by atoms with van der Waals surface area (Å²) in [5, 5.41) is 0. The van der Waals surface area contributed by atoms with Crippen LogP contribution in [0, 0.1) is 0 Å². The third-order valence-electron chi connectivity index (χ3n) is 4.79. The summed E-state index contributed by atoms with van der Waals surface area (Å²) in [4.78, 5) is 28.0. The second kappa shape index (κ2) is 11.2. The van der Waals surface area contributed by atoms with Gasteiger partial charge in [0.05, 0.1) is 0 Å². The van der Waals surface area contributed by atoms with Crippen molar-refractivity contribution in [3.63, 3.8) is 0 Å². The molecule has 0 saturated heterocycles. The van der Waals surface area contributed by atoms with Gasteiger partial charge in [0.25, 0.3) is 0 Å². The van der Waals surface area contributed by atoms with Gasteiger partial charge in [0.2, 0.25) is 11.8 Å². The van der Waals surface area contributed by atoms with E-state index in [-0.39, 0.29) is 11.8 Å². The van der Waals surface area contributed by atoms with Gasteiger partial charge in [-0.1, -0.05) is 60.7 Å². The van der Waals surface area contributed by atoms with Crippen LogP contribution in [0.25, 0.3) is 0 Å². The Morgan fingerprint density at radius 1 is 0.667 bits per heavy atom. The highest BCUT2D eigenvalue weighted by atomic mass is 16.2. The molecule has 0 saturated carbocycles. The quantitative estimate of drug-likeness (QED) is 0.645. The first-order valence-corrected chi connectivity index (χ1v) is 9.62. The molecule has 0 aliphatic heterocycles. The lowest BCUT2D eigenvalue weighted by atomic mass is 10.1. The van der Waals surface area contributed by atoms with Gasteiger partial charge < -0.3 is 9.80 Å². The second-order valence-corrected chi connectivity index (χ2v) is 6.96. The number of hydrogen-bond acceptors (Lipinski definition) is 2. The molecule has 0 N–H and O–H groups in total. The van der Waals surface area contributed by atoms with Crippen molar-refractivity contribution in [3.8, 4) is 0 Å². The fourth-order valence-electron chi connectivity index (χ4n) is 2.90. The Hall–Kier alpha value is -2.62. The lowest BCUT2D eigenvalue weighted by molar-refractivity contribution is -0.131. The van der Waals surface area contributed by atoms with Gasteiger partial charge in [-0.25, -0.2) is 0 Å². The molecule has 27 heavy (non-hydrogen) atoms. The maximum Gasteiger partial charge on any atom is 0.222 e. The molecule has 0 aromatic heterocycles. The van der Waals surface area contributed by atoms with Gasteiger partial charge in [0, 0.05) is 40.0 Å². The molecule has 0 aliphatic rings. The van der Waals surface area contributed by atoms with E-state index in [0.29, 0.717) is 32.4 Å². The summed E-state index contributed by atoms with van der Waals surface area (Å²) in [6.45, 7) is 1.40. The third kappa shape index (κ3) is 7.65. The largest absolute Gasteiger partial charge is 0.345 e. The van der Waals surface area contributed by atoms with Crippen LogP contribution in [0.3, 0.4) is 0 Å². The van der Waals surface area contributed by atoms with Crippen LogP contribution >= 0.6 is 0 Å². The molecule has 4 heteroatoms. The molecule has 0 radical (unpaired) electrons. The average molecular weight is 367 g/mol. The highest BCUT2D eigenvalue weighted by Crippen LogP contribution is 2.06. The monoisotopic (exact) mass is 366 g/mol. The Kier molecular flexibility index (Phi) is 8.56. The SMILES string of the molecule is CN(CCc1ccccc1)C(=O)CCCC(=O)N(C)CCc1ccccc1. The zero-order chi connectivity index (χ0) is 19.5. The van der Waals surface area contributed by atoms with Gasteiger partial charge >= 0.3 is 0 Å². The zero-order valence-corrected chi connectivity index (χ0v) is 16.4. The fraction of sp³-hybridized carbons (Fsp3) is 0.391. The van der Waals surface area contributed by atoms with Crippen molar-refractivity contribution in [2.24, 2.45) is 0 Å². The van der Waals surface area contributed by atoms with Gasteiger partial charge in [-0.05, 0) is 30.4 Å². The summed E-state index contributed by atoms with van der Waals surface area (Å²) in [5.74, 6) is 0.205. The van der Waals surface area contributed by atoms with Crippen molar-refractivity contribution in [2.75, 3.05) is 27.2 Å². The maximum atomic E-state index is 12.2. The van der Waals surface area contributed by atoms with E-state index in [4.69, 9.17) is 0 Å². The van der Waals surface area contributed by atoms with Crippen LogP contribution in [0.2, 0.25) is 0 Å². The van der Waals surface area contributed by atoms with Crippen molar-refractivity contribution < 1.29 is 9.59 Å². The molecular weight excluding hydrogens is 336 g/mol. The summed E-state index contributed by atoms with van der Waals surface area (Å²) in [7, 11) is 3.66. The number of amides is 2. The van der Waals surface area contributed by atoms with Crippen LogP contribution in [-0.4, -0.2) is 48.8 Å². The number of rotatable bonds is 10. The minimum Gasteiger partial charge on any atom is -0.345 e. The van der Waals surface area contributed by atoms with Gasteiger partial charge in [0.15, 0.2) is 0 Å². The molecule has 0 heterocycles. The molecule has 2 rings (SSSR count). The van der Waals surface area contributed by atoms with Crippen LogP contribution in [0.15, 0.2) is 60.7 Å². The van der Waals surface area contributed by atoms with E-state index >= 15 is 0 Å². The summed E-state index contributed by atoms with van der Waals surface area (Å²) in [6.07, 6.45) is 3.14. The van der Waals surface area contributed by atoms with Crippen molar-refractivity contribution in [1.29, 1.82) is 0 Å². The fourth-order valence-corrected chi connectivity index (χ4v) is 2.90. The van der Waals surface area contributed by atoms with Gasteiger partial charge in [-0.15, -0.1) is 0 Å². The molecule has 4 nitrogen and oxygen atoms in total. The standard InChI is InChI=1S/C23H30N2O2/c1-24(18-16-20-10-5-3-6-11-20)22(26)14-9-15-23(27)25(2)19-17-21-12-7-4-8-13-21/h3-8,10-13H,9,14-19H2,1-2H3. The van der Waals surface area contributed by atoms with Gasteiger partial charge in [-0.3, -0.25) is 9.59 Å². The molecule has 2 aromatic rings. The normalized spacial score (nSPS) is 10.4. The summed E-state index contributed by atoms with van der Waals surface area (Å²) >= 11 is 0. The maximum absolute atomic E-state index is 12.2. The van der Waals surface area contributed by atoms with Gasteiger partial charge in [-0.2, -0.15) is 0 Å². The second-order valence-electron chi connectivity index (χ2n) is 6.96. The van der Waals surface area contributed by atoms with E-state index in [2.05, 4.69) is 24.3 Å². The van der Waals surface area contributed by atoms with E-state index in [0.717, 1.165) is 12.8 Å².